The summed E-state index contributed by atoms with van der Waals surface area (Å²) in [6.07, 6.45) is 0. The molecule has 0 spiro atoms. The number of benzene rings is 1. The third kappa shape index (κ3) is 1.60. The summed E-state index contributed by atoms with van der Waals surface area (Å²) >= 11 is 5.90. The van der Waals surface area contributed by atoms with E-state index in [1.807, 2.05) is 0 Å². The van der Waals surface area contributed by atoms with Gasteiger partial charge in [-0.25, -0.2) is 0 Å². The Bertz CT molecular complexity index is 712. The fraction of sp³-hybridized carbons (Fsp3) is 0.143. The molecule has 0 saturated carbocycles. The molecule has 1 aliphatic rings. The molecular formula is C14H9ClO4. The molecule has 2 aromatic rings. The maximum absolute atomic E-state index is 12.3. The lowest BCUT2D eigenvalue weighted by Crippen LogP contribution is -2.19. The molecule has 0 bridgehead atoms. The average Bonchev–Trinajstić information content (AvgIpc) is 2.81. The lowest BCUT2D eigenvalue weighted by Gasteiger charge is -2.13. The number of fused-ring (bicyclic) bond motifs is 2. The SMILES string of the molecule is CC(Cl)c1cc2c(o1)C(=O)c1cccc(O)c1C2=O. The maximum atomic E-state index is 12.3. The summed E-state index contributed by atoms with van der Waals surface area (Å²) in [5, 5.41) is 9.31. The van der Waals surface area contributed by atoms with Crippen molar-refractivity contribution in [3.63, 3.8) is 0 Å². The highest BCUT2D eigenvalue weighted by Crippen LogP contribution is 2.36. The Morgan fingerprint density at radius 3 is 2.63 bits per heavy atom. The Morgan fingerprint density at radius 1 is 1.21 bits per heavy atom. The van der Waals surface area contributed by atoms with Gasteiger partial charge in [-0.1, -0.05) is 6.07 Å². The molecule has 19 heavy (non-hydrogen) atoms. The van der Waals surface area contributed by atoms with Gasteiger partial charge in [0.2, 0.25) is 11.6 Å². The van der Waals surface area contributed by atoms with Crippen molar-refractivity contribution in [3.8, 4) is 5.75 Å². The third-order valence-corrected chi connectivity index (χ3v) is 3.32. The normalized spacial score (nSPS) is 15.1. The number of rotatable bonds is 1. The highest BCUT2D eigenvalue weighted by Gasteiger charge is 2.35. The first kappa shape index (κ1) is 12.0. The zero-order chi connectivity index (χ0) is 13.7. The predicted molar refractivity (Wildman–Crippen MR) is 67.9 cm³/mol. The molecule has 1 N–H and O–H groups in total. The van der Waals surface area contributed by atoms with Crippen molar-refractivity contribution in [1.29, 1.82) is 0 Å². The highest BCUT2D eigenvalue weighted by molar-refractivity contribution is 6.28. The Morgan fingerprint density at radius 2 is 1.95 bits per heavy atom. The molecule has 4 nitrogen and oxygen atoms in total. The van der Waals surface area contributed by atoms with E-state index < -0.39 is 16.9 Å². The second-order valence-corrected chi connectivity index (χ2v) is 5.02. The summed E-state index contributed by atoms with van der Waals surface area (Å²) in [6.45, 7) is 1.69. The van der Waals surface area contributed by atoms with Crippen LogP contribution in [0.15, 0.2) is 28.7 Å². The third-order valence-electron chi connectivity index (χ3n) is 3.11. The summed E-state index contributed by atoms with van der Waals surface area (Å²) in [5.74, 6) is -0.687. The van der Waals surface area contributed by atoms with Crippen molar-refractivity contribution in [2.75, 3.05) is 0 Å². The Labute approximate surface area is 113 Å². The Kier molecular flexibility index (Phi) is 2.50. The monoisotopic (exact) mass is 276 g/mol. The second kappa shape index (κ2) is 3.96. The van der Waals surface area contributed by atoms with Gasteiger partial charge in [-0.3, -0.25) is 9.59 Å². The first-order chi connectivity index (χ1) is 9.00. The fourth-order valence-electron chi connectivity index (χ4n) is 2.17. The minimum atomic E-state index is -0.442. The average molecular weight is 277 g/mol. The number of furan rings is 1. The van der Waals surface area contributed by atoms with E-state index >= 15 is 0 Å². The maximum Gasteiger partial charge on any atom is 0.229 e. The van der Waals surface area contributed by atoms with Crippen molar-refractivity contribution < 1.29 is 19.1 Å². The zero-order valence-corrected chi connectivity index (χ0v) is 10.7. The number of phenols is 1. The summed E-state index contributed by atoms with van der Waals surface area (Å²) in [7, 11) is 0. The molecule has 1 aliphatic carbocycles. The van der Waals surface area contributed by atoms with Crippen LogP contribution in [0.5, 0.6) is 5.75 Å². The number of ketones is 2. The number of alkyl halides is 1. The van der Waals surface area contributed by atoms with Crippen molar-refractivity contribution >= 4 is 23.2 Å². The summed E-state index contributed by atoms with van der Waals surface area (Å²) < 4.78 is 5.36. The van der Waals surface area contributed by atoms with Crippen LogP contribution in [0.1, 0.15) is 50.1 Å². The van der Waals surface area contributed by atoms with Crippen LogP contribution in [0.2, 0.25) is 0 Å². The van der Waals surface area contributed by atoms with Gasteiger partial charge in [-0.05, 0) is 25.1 Å². The summed E-state index contributed by atoms with van der Waals surface area (Å²) in [6, 6.07) is 5.84. The van der Waals surface area contributed by atoms with Gasteiger partial charge in [-0.15, -0.1) is 11.6 Å². The van der Waals surface area contributed by atoms with Gasteiger partial charge in [0.05, 0.1) is 16.5 Å². The number of aromatic hydroxyl groups is 1. The Balaban J connectivity index is 2.27. The number of phenolic OH excluding ortho intramolecular Hbond substituents is 1. The van der Waals surface area contributed by atoms with E-state index in [1.54, 1.807) is 6.92 Å². The van der Waals surface area contributed by atoms with Crippen LogP contribution in [0.25, 0.3) is 0 Å². The van der Waals surface area contributed by atoms with Crippen LogP contribution in [-0.4, -0.2) is 16.7 Å². The van der Waals surface area contributed by atoms with Gasteiger partial charge in [-0.2, -0.15) is 0 Å². The van der Waals surface area contributed by atoms with E-state index in [2.05, 4.69) is 0 Å². The van der Waals surface area contributed by atoms with Gasteiger partial charge in [0.15, 0.2) is 5.76 Å². The van der Waals surface area contributed by atoms with Crippen molar-refractivity contribution in [2.45, 2.75) is 12.3 Å². The quantitative estimate of drug-likeness (QED) is 0.694. The van der Waals surface area contributed by atoms with Crippen LogP contribution >= 0.6 is 11.6 Å². The molecule has 3 rings (SSSR count). The van der Waals surface area contributed by atoms with Crippen LogP contribution in [0, 0.1) is 0 Å². The van der Waals surface area contributed by atoms with Gasteiger partial charge < -0.3 is 9.52 Å². The standard InChI is InChI=1S/C14H9ClO4/c1-6(15)10-5-8-12(17)11-7(3-2-4-9(11)16)13(18)14(8)19-10/h2-6,16H,1H3. The van der Waals surface area contributed by atoms with Crippen LogP contribution in [0.3, 0.4) is 0 Å². The molecule has 0 amide bonds. The predicted octanol–water partition coefficient (Wildman–Crippen LogP) is 3.06. The summed E-state index contributed by atoms with van der Waals surface area (Å²) in [4.78, 5) is 24.5. The number of hydrogen-bond donors (Lipinski definition) is 1. The minimum Gasteiger partial charge on any atom is -0.507 e. The van der Waals surface area contributed by atoms with E-state index in [1.165, 1.54) is 24.3 Å². The van der Waals surface area contributed by atoms with Gasteiger partial charge in [0.25, 0.3) is 0 Å². The molecule has 96 valence electrons. The van der Waals surface area contributed by atoms with E-state index in [9.17, 15) is 14.7 Å². The lowest BCUT2D eigenvalue weighted by molar-refractivity contribution is 0.0957. The van der Waals surface area contributed by atoms with Crippen LogP contribution in [0.4, 0.5) is 0 Å². The number of carbonyl (C=O) groups excluding carboxylic acids is 2. The summed E-state index contributed by atoms with van der Waals surface area (Å²) in [5.41, 5.74) is 0.330. The molecule has 5 heteroatoms. The van der Waals surface area contributed by atoms with E-state index in [0.29, 0.717) is 5.76 Å². The first-order valence-corrected chi connectivity index (χ1v) is 6.13. The smallest absolute Gasteiger partial charge is 0.229 e. The molecular weight excluding hydrogens is 268 g/mol. The van der Waals surface area contributed by atoms with Crippen molar-refractivity contribution in [1.82, 2.24) is 0 Å². The van der Waals surface area contributed by atoms with Crippen LogP contribution in [-0.2, 0) is 0 Å². The van der Waals surface area contributed by atoms with E-state index in [4.69, 9.17) is 16.0 Å². The Hall–Kier alpha value is -2.07. The van der Waals surface area contributed by atoms with E-state index in [0.717, 1.165) is 0 Å². The number of carbonyl (C=O) groups is 2. The second-order valence-electron chi connectivity index (χ2n) is 4.37. The minimum absolute atomic E-state index is 0.00870. The molecule has 0 radical (unpaired) electrons. The van der Waals surface area contributed by atoms with Gasteiger partial charge >= 0.3 is 0 Å². The van der Waals surface area contributed by atoms with Gasteiger partial charge in [0.1, 0.15) is 11.5 Å². The molecule has 1 unspecified atom stereocenters. The molecule has 0 fully saturated rings. The molecule has 1 heterocycles. The topological polar surface area (TPSA) is 67.5 Å². The molecule has 1 aromatic carbocycles. The number of halogens is 1. The zero-order valence-electron chi connectivity index (χ0n) is 9.94. The molecule has 0 saturated heterocycles. The van der Waals surface area contributed by atoms with E-state index in [-0.39, 0.29) is 28.2 Å². The number of hydrogen-bond acceptors (Lipinski definition) is 4. The molecule has 1 atom stereocenters. The largest absolute Gasteiger partial charge is 0.507 e. The highest BCUT2D eigenvalue weighted by atomic mass is 35.5. The fourth-order valence-corrected chi connectivity index (χ4v) is 2.28. The first-order valence-electron chi connectivity index (χ1n) is 5.70. The van der Waals surface area contributed by atoms with Crippen molar-refractivity contribution in [2.24, 2.45) is 0 Å². The molecule has 0 aliphatic heterocycles. The molecule has 1 aromatic heterocycles. The van der Waals surface area contributed by atoms with Gasteiger partial charge in [0, 0.05) is 5.56 Å². The van der Waals surface area contributed by atoms with Crippen molar-refractivity contribution in [3.05, 3.63) is 52.5 Å². The lowest BCUT2D eigenvalue weighted by atomic mass is 9.88. The van der Waals surface area contributed by atoms with Crippen LogP contribution < -0.4 is 0 Å².